The molecule has 0 bridgehead atoms. The third-order valence-electron chi connectivity index (χ3n) is 4.97. The van der Waals surface area contributed by atoms with Crippen LogP contribution in [0.15, 0.2) is 24.3 Å². The minimum Gasteiger partial charge on any atom is -0.378 e. The number of carbonyl (C=O) groups is 1. The first-order valence-corrected chi connectivity index (χ1v) is 9.54. The normalized spacial score (nSPS) is 20.6. The highest BCUT2D eigenvalue weighted by atomic mass is 32.1. The van der Waals surface area contributed by atoms with Gasteiger partial charge in [-0.15, -0.1) is 11.3 Å². The highest BCUT2D eigenvalue weighted by molar-refractivity contribution is 7.18. The second kappa shape index (κ2) is 7.17. The van der Waals surface area contributed by atoms with Gasteiger partial charge in [-0.25, -0.2) is 4.98 Å². The van der Waals surface area contributed by atoms with E-state index < -0.39 is 0 Å². The minimum absolute atomic E-state index is 0.247. The molecule has 2 aromatic rings. The molecule has 0 saturated carbocycles. The molecule has 128 valence electrons. The van der Waals surface area contributed by atoms with Gasteiger partial charge in [0.25, 0.3) is 0 Å². The SMILES string of the molecule is O=C(CN1CCC(c2nc3ccccc3s2)CC1)N1CCOCC1. The van der Waals surface area contributed by atoms with E-state index in [0.717, 1.165) is 44.5 Å². The highest BCUT2D eigenvalue weighted by Crippen LogP contribution is 2.33. The van der Waals surface area contributed by atoms with Crippen LogP contribution in [0.25, 0.3) is 10.2 Å². The average Bonchev–Trinajstić information content (AvgIpc) is 3.07. The lowest BCUT2D eigenvalue weighted by Gasteiger charge is -2.33. The molecule has 2 aliphatic heterocycles. The summed E-state index contributed by atoms with van der Waals surface area (Å²) >= 11 is 1.82. The van der Waals surface area contributed by atoms with E-state index in [1.165, 1.54) is 9.71 Å². The Balaban J connectivity index is 1.32. The van der Waals surface area contributed by atoms with Crippen LogP contribution in [-0.4, -0.2) is 66.6 Å². The van der Waals surface area contributed by atoms with Gasteiger partial charge in [-0.2, -0.15) is 0 Å². The predicted molar refractivity (Wildman–Crippen MR) is 95.4 cm³/mol. The molecule has 2 fully saturated rings. The van der Waals surface area contributed by atoms with Crippen molar-refractivity contribution >= 4 is 27.5 Å². The number of fused-ring (bicyclic) bond motifs is 1. The molecule has 2 aliphatic rings. The number of rotatable bonds is 3. The van der Waals surface area contributed by atoms with Gasteiger partial charge < -0.3 is 9.64 Å². The van der Waals surface area contributed by atoms with Gasteiger partial charge in [0, 0.05) is 19.0 Å². The van der Waals surface area contributed by atoms with Crippen LogP contribution in [0, 0.1) is 0 Å². The van der Waals surface area contributed by atoms with Gasteiger partial charge in [0.05, 0.1) is 35.0 Å². The first-order chi connectivity index (χ1) is 11.8. The minimum atomic E-state index is 0.247. The number of hydrogen-bond acceptors (Lipinski definition) is 5. The van der Waals surface area contributed by atoms with Gasteiger partial charge in [-0.05, 0) is 38.1 Å². The molecular formula is C18H23N3O2S. The van der Waals surface area contributed by atoms with Crippen molar-refractivity contribution in [2.45, 2.75) is 18.8 Å². The second-order valence-electron chi connectivity index (χ2n) is 6.56. The summed E-state index contributed by atoms with van der Waals surface area (Å²) in [5.41, 5.74) is 1.11. The number of hydrogen-bond donors (Lipinski definition) is 0. The Morgan fingerprint density at radius 2 is 1.92 bits per heavy atom. The maximum Gasteiger partial charge on any atom is 0.236 e. The van der Waals surface area contributed by atoms with Crippen molar-refractivity contribution in [3.63, 3.8) is 0 Å². The summed E-state index contributed by atoms with van der Waals surface area (Å²) in [5, 5.41) is 1.26. The average molecular weight is 345 g/mol. The summed E-state index contributed by atoms with van der Waals surface area (Å²) in [7, 11) is 0. The highest BCUT2D eigenvalue weighted by Gasteiger charge is 2.26. The summed E-state index contributed by atoms with van der Waals surface area (Å²) < 4.78 is 6.59. The third kappa shape index (κ3) is 3.45. The quantitative estimate of drug-likeness (QED) is 0.857. The molecule has 0 aliphatic carbocycles. The molecular weight excluding hydrogens is 322 g/mol. The van der Waals surface area contributed by atoms with Gasteiger partial charge in [-0.1, -0.05) is 12.1 Å². The lowest BCUT2D eigenvalue weighted by Crippen LogP contribution is -2.47. The summed E-state index contributed by atoms with van der Waals surface area (Å²) in [6.07, 6.45) is 2.19. The number of morpholine rings is 1. The van der Waals surface area contributed by atoms with Crippen LogP contribution < -0.4 is 0 Å². The standard InChI is InChI=1S/C18H23N3O2S/c22-17(21-9-11-23-12-10-21)13-20-7-5-14(6-8-20)18-19-15-3-1-2-4-16(15)24-18/h1-4,14H,5-13H2. The number of amides is 1. The molecule has 0 spiro atoms. The molecule has 0 atom stereocenters. The molecule has 24 heavy (non-hydrogen) atoms. The zero-order valence-electron chi connectivity index (χ0n) is 13.8. The van der Waals surface area contributed by atoms with Crippen LogP contribution in [0.4, 0.5) is 0 Å². The molecule has 6 heteroatoms. The fourth-order valence-electron chi connectivity index (χ4n) is 3.51. The first kappa shape index (κ1) is 16.0. The molecule has 3 heterocycles. The molecule has 2 saturated heterocycles. The van der Waals surface area contributed by atoms with Crippen LogP contribution in [-0.2, 0) is 9.53 Å². The van der Waals surface area contributed by atoms with Crippen LogP contribution in [0.5, 0.6) is 0 Å². The zero-order valence-corrected chi connectivity index (χ0v) is 14.6. The van der Waals surface area contributed by atoms with Crippen molar-refractivity contribution in [1.82, 2.24) is 14.8 Å². The second-order valence-corrected chi connectivity index (χ2v) is 7.63. The number of benzene rings is 1. The first-order valence-electron chi connectivity index (χ1n) is 8.73. The van der Waals surface area contributed by atoms with Gasteiger partial charge >= 0.3 is 0 Å². The maximum absolute atomic E-state index is 12.4. The van der Waals surface area contributed by atoms with E-state index in [1.54, 1.807) is 0 Å². The van der Waals surface area contributed by atoms with Gasteiger partial charge in [0.15, 0.2) is 0 Å². The molecule has 0 N–H and O–H groups in total. The van der Waals surface area contributed by atoms with E-state index in [0.29, 0.717) is 25.7 Å². The van der Waals surface area contributed by atoms with Gasteiger partial charge in [0.2, 0.25) is 5.91 Å². The molecule has 1 amide bonds. The van der Waals surface area contributed by atoms with Gasteiger partial charge in [-0.3, -0.25) is 9.69 Å². The van der Waals surface area contributed by atoms with Crippen LogP contribution in [0.3, 0.4) is 0 Å². The fourth-order valence-corrected chi connectivity index (χ4v) is 4.64. The van der Waals surface area contributed by atoms with E-state index in [2.05, 4.69) is 23.1 Å². The van der Waals surface area contributed by atoms with E-state index >= 15 is 0 Å². The van der Waals surface area contributed by atoms with Gasteiger partial charge in [0.1, 0.15) is 0 Å². The summed E-state index contributed by atoms with van der Waals surface area (Å²) in [4.78, 5) is 21.4. The van der Waals surface area contributed by atoms with Crippen molar-refractivity contribution in [2.75, 3.05) is 45.9 Å². The largest absolute Gasteiger partial charge is 0.378 e. The monoisotopic (exact) mass is 345 g/mol. The van der Waals surface area contributed by atoms with Crippen LogP contribution >= 0.6 is 11.3 Å². The van der Waals surface area contributed by atoms with E-state index in [1.807, 2.05) is 22.3 Å². The number of para-hydroxylation sites is 1. The van der Waals surface area contributed by atoms with Crippen LogP contribution in [0.1, 0.15) is 23.8 Å². The Bertz CT molecular complexity index is 670. The molecule has 1 aromatic heterocycles. The predicted octanol–water partition coefficient (Wildman–Crippen LogP) is 2.33. The number of likely N-dealkylation sites (tertiary alicyclic amines) is 1. The molecule has 5 nitrogen and oxygen atoms in total. The van der Waals surface area contributed by atoms with Crippen molar-refractivity contribution in [3.05, 3.63) is 29.3 Å². The smallest absolute Gasteiger partial charge is 0.236 e. The maximum atomic E-state index is 12.4. The molecule has 0 unspecified atom stereocenters. The number of aromatic nitrogens is 1. The topological polar surface area (TPSA) is 45.7 Å². The number of ether oxygens (including phenoxy) is 1. The summed E-state index contributed by atoms with van der Waals surface area (Å²) in [6, 6.07) is 8.36. The Hall–Kier alpha value is -1.50. The summed E-state index contributed by atoms with van der Waals surface area (Å²) in [6.45, 7) is 5.33. The van der Waals surface area contributed by atoms with Crippen LogP contribution in [0.2, 0.25) is 0 Å². The Morgan fingerprint density at radius 1 is 1.17 bits per heavy atom. The number of nitrogens with zero attached hydrogens (tertiary/aromatic N) is 3. The Morgan fingerprint density at radius 3 is 2.67 bits per heavy atom. The fraction of sp³-hybridized carbons (Fsp3) is 0.556. The Labute approximate surface area is 146 Å². The molecule has 4 rings (SSSR count). The van der Waals surface area contributed by atoms with E-state index in [-0.39, 0.29) is 5.91 Å². The molecule has 0 radical (unpaired) electrons. The number of thiazole rings is 1. The van der Waals surface area contributed by atoms with E-state index in [9.17, 15) is 4.79 Å². The number of piperidine rings is 1. The zero-order chi connectivity index (χ0) is 16.4. The number of carbonyl (C=O) groups excluding carboxylic acids is 1. The van der Waals surface area contributed by atoms with Crippen molar-refractivity contribution in [1.29, 1.82) is 0 Å². The van der Waals surface area contributed by atoms with E-state index in [4.69, 9.17) is 9.72 Å². The Kier molecular flexibility index (Phi) is 4.78. The molecule has 1 aromatic carbocycles. The lowest BCUT2D eigenvalue weighted by molar-refractivity contribution is -0.136. The summed E-state index contributed by atoms with van der Waals surface area (Å²) in [5.74, 6) is 0.786. The third-order valence-corrected chi connectivity index (χ3v) is 6.17. The van der Waals surface area contributed by atoms with Crippen molar-refractivity contribution in [2.24, 2.45) is 0 Å². The van der Waals surface area contributed by atoms with Crippen molar-refractivity contribution in [3.8, 4) is 0 Å². The van der Waals surface area contributed by atoms with Crippen molar-refractivity contribution < 1.29 is 9.53 Å². The lowest BCUT2D eigenvalue weighted by atomic mass is 9.97.